The van der Waals surface area contributed by atoms with E-state index in [1.165, 1.54) is 17.2 Å². The molecule has 7 nitrogen and oxygen atoms in total. The quantitative estimate of drug-likeness (QED) is 0.586. The van der Waals surface area contributed by atoms with Crippen molar-refractivity contribution in [2.24, 2.45) is 0 Å². The molecule has 1 aromatic heterocycles. The normalized spacial score (nSPS) is 26.1. The first-order chi connectivity index (χ1) is 9.83. The predicted molar refractivity (Wildman–Crippen MR) is 76.1 cm³/mol. The molecule has 0 unspecified atom stereocenters. The van der Waals surface area contributed by atoms with Crippen molar-refractivity contribution in [2.45, 2.75) is 44.8 Å². The van der Waals surface area contributed by atoms with E-state index in [0.717, 1.165) is 0 Å². The highest BCUT2D eigenvalue weighted by Crippen LogP contribution is 2.34. The molecule has 0 bridgehead atoms. The number of β-amino-alcohol motifs (C(OH)–C–C–N with tert-alkyl or cyclic N) is 1. The number of hydrogen-bond acceptors (Lipinski definition) is 7. The molecule has 21 heavy (non-hydrogen) atoms. The molecule has 2 N–H and O–H groups in total. The van der Waals surface area contributed by atoms with Gasteiger partial charge in [0.2, 0.25) is 0 Å². The maximum Gasteiger partial charge on any atom is 0.377 e. The average molecular weight is 293 g/mol. The van der Waals surface area contributed by atoms with Crippen molar-refractivity contribution in [1.29, 1.82) is 0 Å². The first kappa shape index (κ1) is 15.9. The van der Waals surface area contributed by atoms with E-state index in [2.05, 4.69) is 9.97 Å². The summed E-state index contributed by atoms with van der Waals surface area (Å²) >= 11 is 0. The van der Waals surface area contributed by atoms with Gasteiger partial charge < -0.3 is 19.7 Å². The van der Waals surface area contributed by atoms with Crippen LogP contribution in [0.15, 0.2) is 18.5 Å². The van der Waals surface area contributed by atoms with Crippen molar-refractivity contribution < 1.29 is 19.7 Å². The summed E-state index contributed by atoms with van der Waals surface area (Å²) in [6.45, 7) is 5.14. The molecular weight excluding hydrogens is 273 g/mol. The summed E-state index contributed by atoms with van der Waals surface area (Å²) in [6.07, 6.45) is 2.91. The van der Waals surface area contributed by atoms with Gasteiger partial charge in [-0.3, -0.25) is 4.79 Å². The van der Waals surface area contributed by atoms with E-state index in [4.69, 9.17) is 4.74 Å². The van der Waals surface area contributed by atoms with Gasteiger partial charge in [0.1, 0.15) is 11.6 Å². The van der Waals surface area contributed by atoms with E-state index >= 15 is 0 Å². The van der Waals surface area contributed by atoms with Crippen molar-refractivity contribution in [3.05, 3.63) is 24.3 Å². The summed E-state index contributed by atoms with van der Waals surface area (Å²) in [4.78, 5) is 21.8. The van der Waals surface area contributed by atoms with Crippen LogP contribution in [-0.2, 0) is 15.1 Å². The Kier molecular flexibility index (Phi) is 4.60. The minimum absolute atomic E-state index is 0.0759. The molecule has 1 saturated heterocycles. The van der Waals surface area contributed by atoms with Crippen LogP contribution >= 0.6 is 0 Å². The summed E-state index contributed by atoms with van der Waals surface area (Å²) in [5.41, 5.74) is -1.38. The molecule has 2 rings (SSSR count). The first-order valence-electron chi connectivity index (χ1n) is 6.97. The Bertz CT molecular complexity index is 499. The second-order valence-electron chi connectivity index (χ2n) is 5.61. The number of nitrogens with zero attached hydrogens (tertiary/aromatic N) is 3. The van der Waals surface area contributed by atoms with Crippen LogP contribution < -0.4 is 0 Å². The molecule has 0 aromatic carbocycles. The fourth-order valence-corrected chi connectivity index (χ4v) is 2.54. The number of hydrogen-bond donors (Lipinski definition) is 2. The minimum Gasteiger partial charge on any atom is -0.462 e. The highest BCUT2D eigenvalue weighted by molar-refractivity contribution is 6.45. The van der Waals surface area contributed by atoms with Gasteiger partial charge in [0.15, 0.2) is 5.82 Å². The SMILES string of the molecule is CB(O)N1C[C@](O)(c2ncccn2)C[C@H]1C(=O)OC(C)C. The summed E-state index contributed by atoms with van der Waals surface area (Å²) in [5.74, 6) is -0.215. The van der Waals surface area contributed by atoms with Gasteiger partial charge in [0, 0.05) is 25.4 Å². The van der Waals surface area contributed by atoms with Crippen LogP contribution in [0, 0.1) is 0 Å². The van der Waals surface area contributed by atoms with Crippen LogP contribution in [0.3, 0.4) is 0 Å². The Hall–Kier alpha value is -1.51. The highest BCUT2D eigenvalue weighted by Gasteiger charge is 2.51. The molecule has 0 radical (unpaired) electrons. The predicted octanol–water partition coefficient (Wildman–Crippen LogP) is -0.200. The fourth-order valence-electron chi connectivity index (χ4n) is 2.54. The smallest absolute Gasteiger partial charge is 0.377 e. The van der Waals surface area contributed by atoms with Crippen LogP contribution in [0.25, 0.3) is 0 Å². The summed E-state index contributed by atoms with van der Waals surface area (Å²) in [7, 11) is -0.882. The summed E-state index contributed by atoms with van der Waals surface area (Å²) < 4.78 is 5.20. The number of rotatable bonds is 4. The molecule has 0 spiro atoms. The van der Waals surface area contributed by atoms with Gasteiger partial charge in [-0.2, -0.15) is 0 Å². The third-order valence-electron chi connectivity index (χ3n) is 3.46. The van der Waals surface area contributed by atoms with Gasteiger partial charge in [0.05, 0.1) is 6.10 Å². The zero-order valence-corrected chi connectivity index (χ0v) is 12.4. The maximum absolute atomic E-state index is 12.2. The number of esters is 1. The molecule has 1 aromatic rings. The lowest BCUT2D eigenvalue weighted by Gasteiger charge is -2.24. The molecule has 0 amide bonds. The number of carbonyl (C=O) groups is 1. The molecule has 8 heteroatoms. The van der Waals surface area contributed by atoms with Crippen LogP contribution in [0.1, 0.15) is 26.1 Å². The largest absolute Gasteiger partial charge is 0.462 e. The Morgan fingerprint density at radius 2 is 2.14 bits per heavy atom. The Balaban J connectivity index is 2.24. The molecule has 2 atom stereocenters. The van der Waals surface area contributed by atoms with Crippen LogP contribution in [0.2, 0.25) is 6.82 Å². The third kappa shape index (κ3) is 3.40. The minimum atomic E-state index is -1.38. The van der Waals surface area contributed by atoms with E-state index in [1.54, 1.807) is 26.7 Å². The second kappa shape index (κ2) is 6.09. The molecule has 0 saturated carbocycles. The van der Waals surface area contributed by atoms with Gasteiger partial charge in [0.25, 0.3) is 0 Å². The first-order valence-corrected chi connectivity index (χ1v) is 6.97. The lowest BCUT2D eigenvalue weighted by atomic mass is 9.84. The van der Waals surface area contributed by atoms with Crippen molar-refractivity contribution in [3.63, 3.8) is 0 Å². The van der Waals surface area contributed by atoms with Crippen molar-refractivity contribution in [1.82, 2.24) is 14.8 Å². The topological polar surface area (TPSA) is 95.8 Å². The van der Waals surface area contributed by atoms with Crippen LogP contribution in [-0.4, -0.2) is 56.6 Å². The maximum atomic E-state index is 12.2. The fraction of sp³-hybridized carbons (Fsp3) is 0.615. The summed E-state index contributed by atoms with van der Waals surface area (Å²) in [6, 6.07) is 0.930. The summed E-state index contributed by atoms with van der Waals surface area (Å²) in [5, 5.41) is 20.6. The number of carbonyl (C=O) groups excluding carboxylic acids is 1. The Labute approximate surface area is 124 Å². The molecule has 2 heterocycles. The van der Waals surface area contributed by atoms with Gasteiger partial charge in [-0.1, -0.05) is 0 Å². The Morgan fingerprint density at radius 1 is 1.52 bits per heavy atom. The number of aliphatic hydroxyl groups is 1. The van der Waals surface area contributed by atoms with E-state index in [-0.39, 0.29) is 24.9 Å². The van der Waals surface area contributed by atoms with Gasteiger partial charge in [-0.25, -0.2) is 9.97 Å². The van der Waals surface area contributed by atoms with Crippen LogP contribution in [0.4, 0.5) is 0 Å². The standard InChI is InChI=1S/C13H20BN3O4/c1-9(2)21-11(18)10-7-13(19,8-17(10)14(3)20)12-15-5-4-6-16-12/h4-6,9-10,19-20H,7-8H2,1-3H3/t10-,13-/m0/s1. The average Bonchev–Trinajstić information content (AvgIpc) is 2.79. The highest BCUT2D eigenvalue weighted by atomic mass is 16.5. The lowest BCUT2D eigenvalue weighted by molar-refractivity contribution is -0.151. The Morgan fingerprint density at radius 3 is 2.67 bits per heavy atom. The number of ether oxygens (including phenoxy) is 1. The van der Waals surface area contributed by atoms with Gasteiger partial charge in [-0.05, 0) is 26.7 Å². The van der Waals surface area contributed by atoms with E-state index in [0.29, 0.717) is 0 Å². The van der Waals surface area contributed by atoms with Gasteiger partial charge >= 0.3 is 13.0 Å². The molecule has 0 aliphatic carbocycles. The van der Waals surface area contributed by atoms with E-state index < -0.39 is 24.7 Å². The molecule has 114 valence electrons. The van der Waals surface area contributed by atoms with E-state index in [9.17, 15) is 14.9 Å². The zero-order chi connectivity index (χ0) is 15.6. The molecule has 1 aliphatic rings. The monoisotopic (exact) mass is 293 g/mol. The van der Waals surface area contributed by atoms with Crippen molar-refractivity contribution in [2.75, 3.05) is 6.54 Å². The molecular formula is C13H20BN3O4. The van der Waals surface area contributed by atoms with Crippen molar-refractivity contribution >= 4 is 13.0 Å². The molecule has 1 aliphatic heterocycles. The zero-order valence-electron chi connectivity index (χ0n) is 12.4. The lowest BCUT2D eigenvalue weighted by Crippen LogP contribution is -2.46. The van der Waals surface area contributed by atoms with Gasteiger partial charge in [-0.15, -0.1) is 0 Å². The van der Waals surface area contributed by atoms with Crippen LogP contribution in [0.5, 0.6) is 0 Å². The second-order valence-corrected chi connectivity index (χ2v) is 5.61. The van der Waals surface area contributed by atoms with E-state index in [1.807, 2.05) is 0 Å². The van der Waals surface area contributed by atoms with Crippen molar-refractivity contribution in [3.8, 4) is 0 Å². The third-order valence-corrected chi connectivity index (χ3v) is 3.46. The molecule has 1 fully saturated rings. The number of aromatic nitrogens is 2.